The molecule has 3 heterocycles. The van der Waals surface area contributed by atoms with Crippen LogP contribution in [0.25, 0.3) is 0 Å². The van der Waals surface area contributed by atoms with Gasteiger partial charge in [0.15, 0.2) is 6.10 Å². The van der Waals surface area contributed by atoms with Crippen molar-refractivity contribution in [1.82, 2.24) is 14.7 Å². The number of amides is 1. The molecule has 7 nitrogen and oxygen atoms in total. The highest BCUT2D eigenvalue weighted by Gasteiger charge is 2.34. The highest BCUT2D eigenvalue weighted by molar-refractivity contribution is 5.83. The Kier molecular flexibility index (Phi) is 4.31. The fourth-order valence-electron chi connectivity index (χ4n) is 3.32. The normalized spacial score (nSPS) is 20.1. The van der Waals surface area contributed by atoms with E-state index in [0.717, 1.165) is 17.1 Å². The molecule has 0 N–H and O–H groups in total. The number of anilines is 1. The minimum atomic E-state index is -0.499. The standard InChI is InChI=1S/C18H22N4O3/c1-20-14(6-7-19-20)12-22-13-17(18(23)21-8-10-24-11-9-21)25-16-5-3-2-4-15(16)22/h2-7,17H,8-13H2,1H3/t17-/m0/s1. The molecule has 0 spiro atoms. The average molecular weight is 342 g/mol. The van der Waals surface area contributed by atoms with Crippen LogP contribution in [-0.4, -0.2) is 59.5 Å². The predicted molar refractivity (Wildman–Crippen MR) is 92.5 cm³/mol. The van der Waals surface area contributed by atoms with Crippen molar-refractivity contribution < 1.29 is 14.3 Å². The van der Waals surface area contributed by atoms with Gasteiger partial charge in [-0.05, 0) is 18.2 Å². The van der Waals surface area contributed by atoms with Crippen LogP contribution in [0.4, 0.5) is 5.69 Å². The zero-order chi connectivity index (χ0) is 17.2. The number of hydrogen-bond acceptors (Lipinski definition) is 5. The Labute approximate surface area is 146 Å². The molecule has 1 amide bonds. The number of carbonyl (C=O) groups is 1. The lowest BCUT2D eigenvalue weighted by atomic mass is 10.1. The minimum Gasteiger partial charge on any atom is -0.477 e. The van der Waals surface area contributed by atoms with Gasteiger partial charge in [0.05, 0.1) is 37.7 Å². The van der Waals surface area contributed by atoms with Crippen molar-refractivity contribution in [3.63, 3.8) is 0 Å². The number of aryl methyl sites for hydroxylation is 1. The number of fused-ring (bicyclic) bond motifs is 1. The Balaban J connectivity index is 1.57. The van der Waals surface area contributed by atoms with E-state index < -0.39 is 6.10 Å². The maximum Gasteiger partial charge on any atom is 0.265 e. The van der Waals surface area contributed by atoms with E-state index >= 15 is 0 Å². The van der Waals surface area contributed by atoms with E-state index in [0.29, 0.717) is 39.4 Å². The van der Waals surface area contributed by atoms with E-state index in [-0.39, 0.29) is 5.91 Å². The summed E-state index contributed by atoms with van der Waals surface area (Å²) in [4.78, 5) is 16.9. The van der Waals surface area contributed by atoms with Crippen molar-refractivity contribution in [1.29, 1.82) is 0 Å². The summed E-state index contributed by atoms with van der Waals surface area (Å²) in [6.45, 7) is 3.65. The molecule has 1 aromatic carbocycles. The van der Waals surface area contributed by atoms with E-state index in [1.165, 1.54) is 0 Å². The molecule has 4 rings (SSSR count). The quantitative estimate of drug-likeness (QED) is 0.834. The van der Waals surface area contributed by atoms with Gasteiger partial charge in [0.2, 0.25) is 0 Å². The predicted octanol–water partition coefficient (Wildman–Crippen LogP) is 1.05. The summed E-state index contributed by atoms with van der Waals surface area (Å²) in [5, 5.41) is 4.24. The summed E-state index contributed by atoms with van der Waals surface area (Å²) in [5.74, 6) is 0.787. The van der Waals surface area contributed by atoms with Gasteiger partial charge in [0, 0.05) is 26.3 Å². The lowest BCUT2D eigenvalue weighted by Gasteiger charge is -2.38. The summed E-state index contributed by atoms with van der Waals surface area (Å²) in [7, 11) is 1.93. The maximum absolute atomic E-state index is 12.9. The molecule has 0 bridgehead atoms. The Morgan fingerprint density at radius 3 is 2.80 bits per heavy atom. The van der Waals surface area contributed by atoms with Crippen LogP contribution in [0.5, 0.6) is 5.75 Å². The molecule has 1 atom stereocenters. The van der Waals surface area contributed by atoms with E-state index in [1.54, 1.807) is 6.20 Å². The zero-order valence-electron chi connectivity index (χ0n) is 14.3. The second kappa shape index (κ2) is 6.76. The summed E-state index contributed by atoms with van der Waals surface area (Å²) in [6.07, 6.45) is 1.29. The average Bonchev–Trinajstić information content (AvgIpc) is 3.06. The molecule has 0 unspecified atom stereocenters. The molecule has 1 saturated heterocycles. The molecular weight excluding hydrogens is 320 g/mol. The fourth-order valence-corrected chi connectivity index (χ4v) is 3.32. The first-order chi connectivity index (χ1) is 12.2. The van der Waals surface area contributed by atoms with Crippen LogP contribution in [0.3, 0.4) is 0 Å². The first-order valence-corrected chi connectivity index (χ1v) is 8.56. The van der Waals surface area contributed by atoms with Gasteiger partial charge in [0.1, 0.15) is 5.75 Å². The molecule has 0 radical (unpaired) electrons. The third-order valence-electron chi connectivity index (χ3n) is 4.73. The molecule has 0 aliphatic carbocycles. The Morgan fingerprint density at radius 2 is 2.04 bits per heavy atom. The first-order valence-electron chi connectivity index (χ1n) is 8.56. The van der Waals surface area contributed by atoms with Crippen LogP contribution in [0.2, 0.25) is 0 Å². The number of para-hydroxylation sites is 2. The molecular formula is C18H22N4O3. The number of carbonyl (C=O) groups excluding carboxylic acids is 1. The van der Waals surface area contributed by atoms with E-state index in [1.807, 2.05) is 47.0 Å². The molecule has 2 aromatic rings. The molecule has 132 valence electrons. The Morgan fingerprint density at radius 1 is 1.24 bits per heavy atom. The highest BCUT2D eigenvalue weighted by atomic mass is 16.5. The van der Waals surface area contributed by atoms with Crippen LogP contribution in [0, 0.1) is 0 Å². The van der Waals surface area contributed by atoms with Gasteiger partial charge in [0.25, 0.3) is 5.91 Å². The van der Waals surface area contributed by atoms with Crippen LogP contribution < -0.4 is 9.64 Å². The second-order valence-electron chi connectivity index (χ2n) is 6.34. The maximum atomic E-state index is 12.9. The van der Waals surface area contributed by atoms with Gasteiger partial charge < -0.3 is 19.3 Å². The molecule has 2 aliphatic heterocycles. The van der Waals surface area contributed by atoms with Gasteiger partial charge in [-0.15, -0.1) is 0 Å². The number of hydrogen-bond donors (Lipinski definition) is 0. The molecule has 0 saturated carbocycles. The summed E-state index contributed by atoms with van der Waals surface area (Å²) in [6, 6.07) is 9.87. The van der Waals surface area contributed by atoms with E-state index in [2.05, 4.69) is 10.00 Å². The minimum absolute atomic E-state index is 0.0350. The zero-order valence-corrected chi connectivity index (χ0v) is 14.3. The van der Waals surface area contributed by atoms with Gasteiger partial charge in [-0.2, -0.15) is 5.10 Å². The topological polar surface area (TPSA) is 59.8 Å². The lowest BCUT2D eigenvalue weighted by molar-refractivity contribution is -0.142. The Bertz CT molecular complexity index is 754. The van der Waals surface area contributed by atoms with E-state index in [4.69, 9.17) is 9.47 Å². The van der Waals surface area contributed by atoms with Gasteiger partial charge >= 0.3 is 0 Å². The van der Waals surface area contributed by atoms with Crippen LogP contribution >= 0.6 is 0 Å². The molecule has 7 heteroatoms. The monoisotopic (exact) mass is 342 g/mol. The molecule has 1 aromatic heterocycles. The van der Waals surface area contributed by atoms with Crippen molar-refractivity contribution in [3.05, 3.63) is 42.2 Å². The van der Waals surface area contributed by atoms with Crippen molar-refractivity contribution in [2.24, 2.45) is 7.05 Å². The summed E-state index contributed by atoms with van der Waals surface area (Å²) >= 11 is 0. The van der Waals surface area contributed by atoms with Crippen LogP contribution in [0.1, 0.15) is 5.69 Å². The third kappa shape index (κ3) is 3.19. The number of ether oxygens (including phenoxy) is 2. The van der Waals surface area contributed by atoms with Crippen molar-refractivity contribution in [3.8, 4) is 5.75 Å². The van der Waals surface area contributed by atoms with Gasteiger partial charge in [-0.25, -0.2) is 0 Å². The van der Waals surface area contributed by atoms with Gasteiger partial charge in [-0.3, -0.25) is 9.48 Å². The number of morpholine rings is 1. The third-order valence-corrected chi connectivity index (χ3v) is 4.73. The number of rotatable bonds is 3. The lowest BCUT2D eigenvalue weighted by Crippen LogP contribution is -2.52. The van der Waals surface area contributed by atoms with Crippen molar-refractivity contribution in [2.75, 3.05) is 37.7 Å². The Hall–Kier alpha value is -2.54. The highest BCUT2D eigenvalue weighted by Crippen LogP contribution is 2.34. The SMILES string of the molecule is Cn1nccc1CN1C[C@@H](C(=O)N2CCOCC2)Oc2ccccc21. The molecule has 25 heavy (non-hydrogen) atoms. The van der Waals surface area contributed by atoms with Crippen molar-refractivity contribution >= 4 is 11.6 Å². The second-order valence-corrected chi connectivity index (χ2v) is 6.34. The van der Waals surface area contributed by atoms with Crippen molar-refractivity contribution in [2.45, 2.75) is 12.6 Å². The smallest absolute Gasteiger partial charge is 0.265 e. The van der Waals surface area contributed by atoms with E-state index in [9.17, 15) is 4.79 Å². The fraction of sp³-hybridized carbons (Fsp3) is 0.444. The number of nitrogens with zero attached hydrogens (tertiary/aromatic N) is 4. The molecule has 1 fully saturated rings. The summed E-state index contributed by atoms with van der Waals surface area (Å²) < 4.78 is 13.2. The van der Waals surface area contributed by atoms with Crippen LogP contribution in [0.15, 0.2) is 36.5 Å². The largest absolute Gasteiger partial charge is 0.477 e. The molecule has 2 aliphatic rings. The number of benzene rings is 1. The number of aromatic nitrogens is 2. The summed E-state index contributed by atoms with van der Waals surface area (Å²) in [5.41, 5.74) is 2.10. The van der Waals surface area contributed by atoms with Gasteiger partial charge in [-0.1, -0.05) is 12.1 Å². The van der Waals surface area contributed by atoms with Crippen LogP contribution in [-0.2, 0) is 23.1 Å². The first kappa shape index (κ1) is 16.0.